The minimum Gasteiger partial charge on any atom is -0.366 e. The van der Waals surface area contributed by atoms with Gasteiger partial charge in [0.05, 0.1) is 11.6 Å². The molecule has 0 bridgehead atoms. The Kier molecular flexibility index (Phi) is 3.02. The number of rotatable bonds is 0. The Balaban J connectivity index is 2.12. The fourth-order valence-corrected chi connectivity index (χ4v) is 1.52. The summed E-state index contributed by atoms with van der Waals surface area (Å²) < 4.78 is 5.39. The molecule has 0 aliphatic carbocycles. The van der Waals surface area contributed by atoms with Crippen molar-refractivity contribution in [2.45, 2.75) is 18.9 Å². The first-order valence-corrected chi connectivity index (χ1v) is 5.02. The van der Waals surface area contributed by atoms with Crippen LogP contribution in [0.3, 0.4) is 0 Å². The van der Waals surface area contributed by atoms with E-state index in [0.717, 1.165) is 25.0 Å². The van der Waals surface area contributed by atoms with E-state index in [9.17, 15) is 0 Å². The average molecular weight is 197 g/mol. The van der Waals surface area contributed by atoms with Gasteiger partial charge >= 0.3 is 0 Å². The van der Waals surface area contributed by atoms with Crippen LogP contribution in [0.4, 0.5) is 0 Å². The van der Waals surface area contributed by atoms with Crippen molar-refractivity contribution >= 4 is 0 Å². The van der Waals surface area contributed by atoms with Gasteiger partial charge in [-0.05, 0) is 31.0 Å². The molecule has 1 saturated heterocycles. The molecule has 0 N–H and O–H groups in total. The smallest absolute Gasteiger partial charge is 0.118 e. The zero-order valence-corrected chi connectivity index (χ0v) is 8.36. The second-order valence-electron chi connectivity index (χ2n) is 3.46. The third-order valence-electron chi connectivity index (χ3n) is 2.30. The second kappa shape index (κ2) is 4.64. The Hall–Kier alpha value is -1.77. The molecule has 1 atom stereocenters. The molecule has 1 aliphatic rings. The molecule has 1 aromatic rings. The summed E-state index contributed by atoms with van der Waals surface area (Å²) in [5.74, 6) is 6.10. The van der Waals surface area contributed by atoms with E-state index >= 15 is 0 Å². The van der Waals surface area contributed by atoms with Gasteiger partial charge in [-0.2, -0.15) is 5.26 Å². The van der Waals surface area contributed by atoms with Gasteiger partial charge in [0.2, 0.25) is 0 Å². The first kappa shape index (κ1) is 9.77. The molecule has 0 aromatic heterocycles. The van der Waals surface area contributed by atoms with Crippen LogP contribution in [0.25, 0.3) is 0 Å². The highest BCUT2D eigenvalue weighted by molar-refractivity contribution is 5.41. The predicted molar refractivity (Wildman–Crippen MR) is 57.0 cm³/mol. The van der Waals surface area contributed by atoms with Gasteiger partial charge in [-0.3, -0.25) is 0 Å². The van der Waals surface area contributed by atoms with Crippen LogP contribution >= 0.6 is 0 Å². The maximum absolute atomic E-state index is 8.72. The number of ether oxygens (including phenoxy) is 1. The molecule has 1 fully saturated rings. The van der Waals surface area contributed by atoms with E-state index in [1.165, 1.54) is 0 Å². The molecule has 1 aliphatic heterocycles. The minimum absolute atomic E-state index is 0.0794. The van der Waals surface area contributed by atoms with Crippen LogP contribution in [-0.2, 0) is 4.74 Å². The molecule has 2 heteroatoms. The van der Waals surface area contributed by atoms with E-state index in [4.69, 9.17) is 10.00 Å². The van der Waals surface area contributed by atoms with E-state index < -0.39 is 0 Å². The molecule has 0 radical (unpaired) electrons. The summed E-state index contributed by atoms with van der Waals surface area (Å²) in [7, 11) is 0. The third-order valence-corrected chi connectivity index (χ3v) is 2.30. The number of nitrogens with zero attached hydrogens (tertiary/aromatic N) is 1. The maximum Gasteiger partial charge on any atom is 0.118 e. The van der Waals surface area contributed by atoms with Crippen molar-refractivity contribution in [3.8, 4) is 17.9 Å². The molecule has 1 heterocycles. The SMILES string of the molecule is N#Cc1cccc(C#CC2CCCO2)c1. The van der Waals surface area contributed by atoms with Crippen LogP contribution in [0.1, 0.15) is 24.0 Å². The van der Waals surface area contributed by atoms with Crippen LogP contribution in [0.15, 0.2) is 24.3 Å². The summed E-state index contributed by atoms with van der Waals surface area (Å²) in [6.07, 6.45) is 2.19. The molecule has 0 spiro atoms. The lowest BCUT2D eigenvalue weighted by molar-refractivity contribution is 0.152. The zero-order valence-electron chi connectivity index (χ0n) is 8.36. The topological polar surface area (TPSA) is 33.0 Å². The summed E-state index contributed by atoms with van der Waals surface area (Å²) in [4.78, 5) is 0. The Bertz CT molecular complexity index is 442. The molecule has 15 heavy (non-hydrogen) atoms. The lowest BCUT2D eigenvalue weighted by Gasteiger charge is -1.97. The maximum atomic E-state index is 8.72. The highest BCUT2D eigenvalue weighted by Gasteiger charge is 2.11. The van der Waals surface area contributed by atoms with Gasteiger partial charge in [-0.1, -0.05) is 17.9 Å². The van der Waals surface area contributed by atoms with Crippen LogP contribution in [0, 0.1) is 23.2 Å². The van der Waals surface area contributed by atoms with Crippen molar-refractivity contribution in [1.29, 1.82) is 5.26 Å². The second-order valence-corrected chi connectivity index (χ2v) is 3.46. The molecule has 0 amide bonds. The summed E-state index contributed by atoms with van der Waals surface area (Å²) in [6.45, 7) is 0.817. The van der Waals surface area contributed by atoms with Gasteiger partial charge in [-0.25, -0.2) is 0 Å². The molecule has 74 valence electrons. The quantitative estimate of drug-likeness (QED) is 0.596. The fraction of sp³-hybridized carbons (Fsp3) is 0.308. The average Bonchev–Trinajstić information content (AvgIpc) is 2.79. The van der Waals surface area contributed by atoms with Gasteiger partial charge in [0, 0.05) is 12.2 Å². The molecule has 2 rings (SSSR count). The summed E-state index contributed by atoms with van der Waals surface area (Å²) in [6, 6.07) is 9.42. The van der Waals surface area contributed by atoms with Crippen LogP contribution < -0.4 is 0 Å². The first-order valence-electron chi connectivity index (χ1n) is 5.02. The number of hydrogen-bond donors (Lipinski definition) is 0. The van der Waals surface area contributed by atoms with Gasteiger partial charge in [0.15, 0.2) is 0 Å². The summed E-state index contributed by atoms with van der Waals surface area (Å²) in [5, 5.41) is 8.72. The Morgan fingerprint density at radius 1 is 1.33 bits per heavy atom. The normalized spacial score (nSPS) is 19.0. The summed E-state index contributed by atoms with van der Waals surface area (Å²) >= 11 is 0. The lowest BCUT2D eigenvalue weighted by Crippen LogP contribution is -1.99. The molecule has 1 unspecified atom stereocenters. The number of nitriles is 1. The fourth-order valence-electron chi connectivity index (χ4n) is 1.52. The standard InChI is InChI=1S/C13H11NO/c14-10-12-4-1-3-11(9-12)6-7-13-5-2-8-15-13/h1,3-4,9,13H,2,5,8H2. The Morgan fingerprint density at radius 3 is 2.93 bits per heavy atom. The number of hydrogen-bond acceptors (Lipinski definition) is 2. The van der Waals surface area contributed by atoms with Gasteiger partial charge in [0.1, 0.15) is 6.10 Å². The molecular formula is C13H11NO. The number of benzene rings is 1. The van der Waals surface area contributed by atoms with Crippen molar-refractivity contribution in [3.63, 3.8) is 0 Å². The van der Waals surface area contributed by atoms with Crippen molar-refractivity contribution in [2.75, 3.05) is 6.61 Å². The van der Waals surface area contributed by atoms with Crippen LogP contribution in [0.2, 0.25) is 0 Å². The van der Waals surface area contributed by atoms with Crippen LogP contribution in [-0.4, -0.2) is 12.7 Å². The van der Waals surface area contributed by atoms with Crippen molar-refractivity contribution in [2.24, 2.45) is 0 Å². The van der Waals surface area contributed by atoms with E-state index in [1.54, 1.807) is 12.1 Å². The van der Waals surface area contributed by atoms with E-state index in [2.05, 4.69) is 17.9 Å². The van der Waals surface area contributed by atoms with E-state index in [-0.39, 0.29) is 6.10 Å². The van der Waals surface area contributed by atoms with Crippen molar-refractivity contribution in [3.05, 3.63) is 35.4 Å². The molecule has 2 nitrogen and oxygen atoms in total. The zero-order chi connectivity index (χ0) is 10.5. The van der Waals surface area contributed by atoms with E-state index in [0.29, 0.717) is 5.56 Å². The predicted octanol–water partition coefficient (Wildman–Crippen LogP) is 2.09. The first-order chi connectivity index (χ1) is 7.38. The Labute approximate surface area is 89.5 Å². The minimum atomic E-state index is 0.0794. The monoisotopic (exact) mass is 197 g/mol. The summed E-state index contributed by atoms with van der Waals surface area (Å²) in [5.41, 5.74) is 1.53. The van der Waals surface area contributed by atoms with Crippen molar-refractivity contribution < 1.29 is 4.74 Å². The largest absolute Gasteiger partial charge is 0.366 e. The van der Waals surface area contributed by atoms with Gasteiger partial charge in [0.25, 0.3) is 0 Å². The highest BCUT2D eigenvalue weighted by Crippen LogP contribution is 2.11. The molecule has 1 aromatic carbocycles. The van der Waals surface area contributed by atoms with Gasteiger partial charge < -0.3 is 4.74 Å². The third kappa shape index (κ3) is 2.59. The van der Waals surface area contributed by atoms with Crippen LogP contribution in [0.5, 0.6) is 0 Å². The highest BCUT2D eigenvalue weighted by atomic mass is 16.5. The molecule has 0 saturated carbocycles. The van der Waals surface area contributed by atoms with Gasteiger partial charge in [-0.15, -0.1) is 0 Å². The lowest BCUT2D eigenvalue weighted by atomic mass is 10.1. The van der Waals surface area contributed by atoms with E-state index in [1.807, 2.05) is 12.1 Å². The van der Waals surface area contributed by atoms with Crippen molar-refractivity contribution in [1.82, 2.24) is 0 Å². The molecular weight excluding hydrogens is 186 g/mol. The Morgan fingerprint density at radius 2 is 2.20 bits per heavy atom.